The maximum absolute atomic E-state index is 13.7. The Balaban J connectivity index is 1.55. The molecule has 0 saturated carbocycles. The molecule has 1 amide bonds. The zero-order valence-electron chi connectivity index (χ0n) is 15.9. The van der Waals surface area contributed by atoms with Gasteiger partial charge in [-0.1, -0.05) is 12.5 Å². The van der Waals surface area contributed by atoms with Crippen LogP contribution in [0.3, 0.4) is 0 Å². The Kier molecular flexibility index (Phi) is 5.94. The lowest BCUT2D eigenvalue weighted by molar-refractivity contribution is 0.0934. The average Bonchev–Trinajstić information content (AvgIpc) is 2.75. The monoisotopic (exact) mass is 434 g/mol. The number of thioether (sulfide) groups is 1. The molecule has 2 aromatic carbocycles. The highest BCUT2D eigenvalue weighted by Gasteiger charge is 2.27. The smallest absolute Gasteiger partial charge is 0.251 e. The SMILES string of the molecule is O=C(N[C@@H]1CCSc2ccc(F)cc21)c1cccc(S(=O)(=O)N2CCCCC2)c1. The Morgan fingerprint density at radius 1 is 1.10 bits per heavy atom. The first-order valence-corrected chi connectivity index (χ1v) is 12.2. The van der Waals surface area contributed by atoms with Gasteiger partial charge in [0.05, 0.1) is 10.9 Å². The van der Waals surface area contributed by atoms with E-state index in [4.69, 9.17) is 0 Å². The maximum atomic E-state index is 13.7. The van der Waals surface area contributed by atoms with Crippen molar-refractivity contribution in [1.82, 2.24) is 9.62 Å². The van der Waals surface area contributed by atoms with E-state index in [1.165, 1.54) is 28.6 Å². The molecule has 1 atom stereocenters. The van der Waals surface area contributed by atoms with Crippen molar-refractivity contribution in [3.05, 3.63) is 59.4 Å². The van der Waals surface area contributed by atoms with Gasteiger partial charge < -0.3 is 5.32 Å². The van der Waals surface area contributed by atoms with Crippen molar-refractivity contribution in [2.24, 2.45) is 0 Å². The van der Waals surface area contributed by atoms with Crippen molar-refractivity contribution in [1.29, 1.82) is 0 Å². The second-order valence-electron chi connectivity index (χ2n) is 7.34. The van der Waals surface area contributed by atoms with Crippen LogP contribution in [0.25, 0.3) is 0 Å². The van der Waals surface area contributed by atoms with E-state index >= 15 is 0 Å². The summed E-state index contributed by atoms with van der Waals surface area (Å²) in [5, 5.41) is 2.95. The van der Waals surface area contributed by atoms with Crippen LogP contribution in [0.15, 0.2) is 52.3 Å². The van der Waals surface area contributed by atoms with Crippen molar-refractivity contribution >= 4 is 27.7 Å². The minimum absolute atomic E-state index is 0.137. The molecule has 0 unspecified atom stereocenters. The summed E-state index contributed by atoms with van der Waals surface area (Å²) in [6.07, 6.45) is 3.44. The van der Waals surface area contributed by atoms with Crippen LogP contribution in [0.2, 0.25) is 0 Å². The third-order valence-corrected chi connectivity index (χ3v) is 8.38. The van der Waals surface area contributed by atoms with Gasteiger partial charge in [-0.05, 0) is 61.2 Å². The number of halogens is 1. The molecular formula is C21H23FN2O3S2. The third kappa shape index (κ3) is 4.34. The van der Waals surface area contributed by atoms with E-state index in [1.807, 2.05) is 0 Å². The first kappa shape index (κ1) is 20.4. The van der Waals surface area contributed by atoms with Gasteiger partial charge in [-0.25, -0.2) is 12.8 Å². The molecule has 154 valence electrons. The molecule has 0 bridgehead atoms. The first-order valence-electron chi connectivity index (χ1n) is 9.78. The molecule has 1 saturated heterocycles. The largest absolute Gasteiger partial charge is 0.345 e. The number of benzene rings is 2. The molecule has 0 aliphatic carbocycles. The van der Waals surface area contributed by atoms with Crippen molar-refractivity contribution in [3.63, 3.8) is 0 Å². The minimum Gasteiger partial charge on any atom is -0.345 e. The molecule has 5 nitrogen and oxygen atoms in total. The summed E-state index contributed by atoms with van der Waals surface area (Å²) >= 11 is 1.64. The Morgan fingerprint density at radius 3 is 2.69 bits per heavy atom. The third-order valence-electron chi connectivity index (χ3n) is 5.37. The Bertz CT molecular complexity index is 1020. The highest BCUT2D eigenvalue weighted by molar-refractivity contribution is 7.99. The fourth-order valence-corrected chi connectivity index (χ4v) is 6.48. The van der Waals surface area contributed by atoms with Crippen LogP contribution in [0.4, 0.5) is 4.39 Å². The zero-order chi connectivity index (χ0) is 20.4. The number of nitrogens with one attached hydrogen (secondary N) is 1. The lowest BCUT2D eigenvalue weighted by atomic mass is 10.0. The predicted molar refractivity (Wildman–Crippen MR) is 111 cm³/mol. The maximum Gasteiger partial charge on any atom is 0.251 e. The molecule has 2 aliphatic heterocycles. The van der Waals surface area contributed by atoms with Gasteiger partial charge in [0.2, 0.25) is 10.0 Å². The van der Waals surface area contributed by atoms with E-state index in [0.717, 1.165) is 35.5 Å². The molecule has 2 aliphatic rings. The van der Waals surface area contributed by atoms with Crippen molar-refractivity contribution in [2.45, 2.75) is 41.5 Å². The van der Waals surface area contributed by atoms with E-state index in [-0.39, 0.29) is 22.7 Å². The average molecular weight is 435 g/mol. The standard InChI is InChI=1S/C21H23FN2O3S2/c22-16-7-8-20-18(14-16)19(9-12-28-20)23-21(25)15-5-4-6-17(13-15)29(26,27)24-10-2-1-3-11-24/h4-8,13-14,19H,1-3,9-12H2,(H,23,25)/t19-/m1/s1. The van der Waals surface area contributed by atoms with Gasteiger partial charge in [0.15, 0.2) is 0 Å². The summed E-state index contributed by atoms with van der Waals surface area (Å²) in [6.45, 7) is 1.03. The van der Waals surface area contributed by atoms with Gasteiger partial charge in [0.25, 0.3) is 5.91 Å². The Hall–Kier alpha value is -1.90. The van der Waals surface area contributed by atoms with E-state index in [0.29, 0.717) is 25.1 Å². The molecule has 0 aromatic heterocycles. The highest BCUT2D eigenvalue weighted by atomic mass is 32.2. The van der Waals surface area contributed by atoms with Gasteiger partial charge >= 0.3 is 0 Å². The number of hydrogen-bond donors (Lipinski definition) is 1. The summed E-state index contributed by atoms with van der Waals surface area (Å²) in [5.41, 5.74) is 1.06. The van der Waals surface area contributed by atoms with E-state index in [9.17, 15) is 17.6 Å². The second kappa shape index (κ2) is 8.45. The highest BCUT2D eigenvalue weighted by Crippen LogP contribution is 2.36. The molecule has 2 aromatic rings. The number of sulfonamides is 1. The molecule has 0 spiro atoms. The summed E-state index contributed by atoms with van der Waals surface area (Å²) in [5.74, 6) is 0.139. The number of fused-ring (bicyclic) bond motifs is 1. The zero-order valence-corrected chi connectivity index (χ0v) is 17.6. The molecule has 0 radical (unpaired) electrons. The number of carbonyl (C=O) groups excluding carboxylic acids is 1. The number of nitrogens with zero attached hydrogens (tertiary/aromatic N) is 1. The summed E-state index contributed by atoms with van der Waals surface area (Å²) < 4.78 is 41.0. The van der Waals surface area contributed by atoms with Gasteiger partial charge in [-0.2, -0.15) is 4.31 Å². The van der Waals surface area contributed by atoms with E-state index in [1.54, 1.807) is 30.0 Å². The molecule has 2 heterocycles. The van der Waals surface area contributed by atoms with Crippen molar-refractivity contribution in [2.75, 3.05) is 18.8 Å². The summed E-state index contributed by atoms with van der Waals surface area (Å²) in [7, 11) is -3.60. The quantitative estimate of drug-likeness (QED) is 0.791. The van der Waals surface area contributed by atoms with Gasteiger partial charge in [0.1, 0.15) is 5.82 Å². The van der Waals surface area contributed by atoms with Crippen LogP contribution >= 0.6 is 11.8 Å². The topological polar surface area (TPSA) is 66.5 Å². The van der Waals surface area contributed by atoms with Crippen LogP contribution < -0.4 is 5.32 Å². The van der Waals surface area contributed by atoms with E-state index in [2.05, 4.69) is 5.32 Å². The van der Waals surface area contributed by atoms with E-state index < -0.39 is 10.0 Å². The summed E-state index contributed by atoms with van der Waals surface area (Å²) in [4.78, 5) is 13.9. The van der Waals surface area contributed by atoms with Crippen LogP contribution in [0.5, 0.6) is 0 Å². The van der Waals surface area contributed by atoms with Crippen molar-refractivity contribution < 1.29 is 17.6 Å². The molecule has 8 heteroatoms. The molecule has 4 rings (SSSR count). The summed E-state index contributed by atoms with van der Waals surface area (Å²) in [6, 6.07) is 10.5. The predicted octanol–water partition coefficient (Wildman–Crippen LogP) is 3.97. The van der Waals surface area contributed by atoms with Crippen LogP contribution in [0.1, 0.15) is 47.6 Å². The fraction of sp³-hybridized carbons (Fsp3) is 0.381. The molecule has 1 N–H and O–H groups in total. The van der Waals surface area contributed by atoms with Crippen LogP contribution in [-0.2, 0) is 10.0 Å². The van der Waals surface area contributed by atoms with Gasteiger partial charge in [-0.15, -0.1) is 11.8 Å². The number of carbonyl (C=O) groups is 1. The van der Waals surface area contributed by atoms with Crippen LogP contribution in [-0.4, -0.2) is 37.5 Å². The van der Waals surface area contributed by atoms with Crippen molar-refractivity contribution in [3.8, 4) is 0 Å². The molecule has 1 fully saturated rings. The Morgan fingerprint density at radius 2 is 1.90 bits per heavy atom. The number of piperidine rings is 1. The van der Waals surface area contributed by atoms with Gasteiger partial charge in [-0.3, -0.25) is 4.79 Å². The minimum atomic E-state index is -3.60. The number of amides is 1. The lowest BCUT2D eigenvalue weighted by Gasteiger charge is -2.27. The fourth-order valence-electron chi connectivity index (χ4n) is 3.81. The first-order chi connectivity index (χ1) is 13.9. The Labute approximate surface area is 174 Å². The normalized spacial score (nSPS) is 20.1. The van der Waals surface area contributed by atoms with Gasteiger partial charge in [0, 0.05) is 29.3 Å². The molecular weight excluding hydrogens is 411 g/mol. The number of hydrogen-bond acceptors (Lipinski definition) is 4. The molecule has 29 heavy (non-hydrogen) atoms. The lowest BCUT2D eigenvalue weighted by Crippen LogP contribution is -2.36. The second-order valence-corrected chi connectivity index (χ2v) is 10.4. The number of rotatable bonds is 4. The van der Waals surface area contributed by atoms with Crippen LogP contribution in [0, 0.1) is 5.82 Å².